The zero-order valence-electron chi connectivity index (χ0n) is 15.3. The van der Waals surface area contributed by atoms with Gasteiger partial charge in [-0.05, 0) is 17.7 Å². The zero-order valence-corrected chi connectivity index (χ0v) is 16.1. The molecular weight excluding hydrogens is 401 g/mol. The first-order chi connectivity index (χ1) is 13.9. The average molecular weight is 419 g/mol. The highest BCUT2D eigenvalue weighted by Crippen LogP contribution is 2.19. The normalized spacial score (nSPS) is 10.4. The molecule has 3 amide bonds. The molecule has 0 atom stereocenters. The number of aromatic nitrogens is 3. The monoisotopic (exact) mass is 419 g/mol. The lowest BCUT2D eigenvalue weighted by Gasteiger charge is -2.14. The summed E-state index contributed by atoms with van der Waals surface area (Å²) in [5.74, 6) is -0.0824. The molecule has 12 heteroatoms. The highest BCUT2D eigenvalue weighted by molar-refractivity contribution is 7.13. The van der Waals surface area contributed by atoms with Crippen molar-refractivity contribution >= 4 is 34.4 Å². The number of halogens is 1. The molecule has 0 bridgehead atoms. The highest BCUT2D eigenvalue weighted by Gasteiger charge is 2.16. The molecule has 0 spiro atoms. The number of nitrogen functional groups attached to an aromatic ring is 1. The lowest BCUT2D eigenvalue weighted by Crippen LogP contribution is -2.29. The van der Waals surface area contributed by atoms with Crippen LogP contribution in [0.5, 0.6) is 5.75 Å². The molecule has 0 aliphatic carbocycles. The van der Waals surface area contributed by atoms with E-state index in [1.807, 2.05) is 0 Å². The molecule has 0 aliphatic rings. The summed E-state index contributed by atoms with van der Waals surface area (Å²) in [6.07, 6.45) is 0.669. The van der Waals surface area contributed by atoms with Gasteiger partial charge in [-0.1, -0.05) is 12.1 Å². The number of hydrogen-bond donors (Lipinski definition) is 4. The fourth-order valence-corrected chi connectivity index (χ4v) is 2.95. The molecular formula is C17H18FN7O3S. The Bertz CT molecular complexity index is 1010. The maximum Gasteiger partial charge on any atom is 0.415 e. The zero-order chi connectivity index (χ0) is 20.8. The molecule has 152 valence electrons. The van der Waals surface area contributed by atoms with E-state index in [9.17, 15) is 14.0 Å². The largest absolute Gasteiger partial charge is 0.415 e. The maximum absolute atomic E-state index is 13.1. The maximum atomic E-state index is 13.1. The van der Waals surface area contributed by atoms with Crippen LogP contribution < -0.4 is 21.1 Å². The summed E-state index contributed by atoms with van der Waals surface area (Å²) < 4.78 is 18.3. The number of ether oxygens (including phenoxy) is 1. The molecule has 1 aromatic carbocycles. The van der Waals surface area contributed by atoms with Crippen molar-refractivity contribution in [2.45, 2.75) is 13.1 Å². The molecule has 2 aromatic heterocycles. The number of thiazole rings is 1. The summed E-state index contributed by atoms with van der Waals surface area (Å²) in [6, 6.07) is 5.47. The summed E-state index contributed by atoms with van der Waals surface area (Å²) >= 11 is 1.21. The summed E-state index contributed by atoms with van der Waals surface area (Å²) in [4.78, 5) is 29.6. The summed E-state index contributed by atoms with van der Waals surface area (Å²) in [5.41, 5.74) is 6.77. The number of nitrogens with zero attached hydrogens (tertiary/aromatic N) is 3. The molecule has 3 aromatic rings. The molecule has 2 heterocycles. The lowest BCUT2D eigenvalue weighted by atomic mass is 10.2. The van der Waals surface area contributed by atoms with Crippen molar-refractivity contribution in [2.75, 3.05) is 18.1 Å². The van der Waals surface area contributed by atoms with Gasteiger partial charge in [0.05, 0.1) is 18.4 Å². The minimum atomic E-state index is -0.631. The van der Waals surface area contributed by atoms with E-state index < -0.39 is 12.1 Å². The topological polar surface area (TPSA) is 138 Å². The van der Waals surface area contributed by atoms with Crippen LogP contribution in [0.2, 0.25) is 0 Å². The second-order valence-electron chi connectivity index (χ2n) is 5.95. The number of nitrogens with one attached hydrogen (secondary N) is 3. The number of rotatable bonds is 6. The van der Waals surface area contributed by atoms with Gasteiger partial charge in [0.15, 0.2) is 16.7 Å². The van der Waals surface area contributed by atoms with Crippen LogP contribution in [0.3, 0.4) is 0 Å². The minimum absolute atomic E-state index is 0.137. The van der Waals surface area contributed by atoms with Gasteiger partial charge in [-0.15, -0.1) is 11.3 Å². The third kappa shape index (κ3) is 5.65. The van der Waals surface area contributed by atoms with E-state index >= 15 is 0 Å². The summed E-state index contributed by atoms with van der Waals surface area (Å²) in [6.45, 7) is 0.341. The molecule has 0 aliphatic heterocycles. The number of aromatic amines is 1. The molecule has 0 unspecified atom stereocenters. The van der Waals surface area contributed by atoms with Gasteiger partial charge in [0.2, 0.25) is 0 Å². The van der Waals surface area contributed by atoms with Gasteiger partial charge < -0.3 is 20.7 Å². The third-order valence-electron chi connectivity index (χ3n) is 3.65. The van der Waals surface area contributed by atoms with Gasteiger partial charge in [-0.2, -0.15) is 5.10 Å². The van der Waals surface area contributed by atoms with Crippen LogP contribution in [0, 0.1) is 5.82 Å². The predicted octanol–water partition coefficient (Wildman–Crippen LogP) is 2.54. The third-order valence-corrected chi connectivity index (χ3v) is 4.46. The molecule has 5 N–H and O–H groups in total. The van der Waals surface area contributed by atoms with Crippen LogP contribution in [-0.2, 0) is 13.1 Å². The van der Waals surface area contributed by atoms with Gasteiger partial charge in [0.1, 0.15) is 5.82 Å². The molecule has 29 heavy (non-hydrogen) atoms. The van der Waals surface area contributed by atoms with E-state index in [1.165, 1.54) is 41.6 Å². The van der Waals surface area contributed by atoms with E-state index in [2.05, 4.69) is 25.8 Å². The minimum Gasteiger partial charge on any atom is -0.405 e. The Kier molecular flexibility index (Phi) is 6.24. The second kappa shape index (κ2) is 9.01. The Morgan fingerprint density at radius 1 is 1.41 bits per heavy atom. The Morgan fingerprint density at radius 2 is 2.24 bits per heavy atom. The lowest BCUT2D eigenvalue weighted by molar-refractivity contribution is 0.160. The number of anilines is 2. The van der Waals surface area contributed by atoms with Crippen LogP contribution in [0.4, 0.5) is 24.9 Å². The van der Waals surface area contributed by atoms with Gasteiger partial charge >= 0.3 is 12.1 Å². The number of carbonyl (C=O) groups is 2. The molecule has 0 radical (unpaired) electrons. The highest BCUT2D eigenvalue weighted by atomic mass is 32.1. The van der Waals surface area contributed by atoms with Gasteiger partial charge in [-0.3, -0.25) is 10.4 Å². The number of hydrogen-bond acceptors (Lipinski definition) is 7. The first-order valence-corrected chi connectivity index (χ1v) is 9.24. The fourth-order valence-electron chi connectivity index (χ4n) is 2.25. The van der Waals surface area contributed by atoms with Crippen molar-refractivity contribution in [3.05, 3.63) is 52.9 Å². The van der Waals surface area contributed by atoms with Crippen LogP contribution in [-0.4, -0.2) is 39.3 Å². The second-order valence-corrected chi connectivity index (χ2v) is 6.81. The number of benzene rings is 1. The van der Waals surface area contributed by atoms with E-state index in [0.717, 1.165) is 0 Å². The first-order valence-electron chi connectivity index (χ1n) is 8.36. The van der Waals surface area contributed by atoms with Gasteiger partial charge in [0, 0.05) is 19.0 Å². The van der Waals surface area contributed by atoms with E-state index in [4.69, 9.17) is 10.5 Å². The summed E-state index contributed by atoms with van der Waals surface area (Å²) in [7, 11) is 1.54. The molecule has 0 saturated carbocycles. The smallest absolute Gasteiger partial charge is 0.405 e. The first kappa shape index (κ1) is 20.1. The SMILES string of the molecule is CN(Cc1csc(NC(=O)NCc2cccc(F)c2)n1)C(=O)Oc1cn[nH]c1N. The van der Waals surface area contributed by atoms with E-state index in [0.29, 0.717) is 16.4 Å². The number of nitrogens with two attached hydrogens (primary N) is 1. The van der Waals surface area contributed by atoms with Gasteiger partial charge in [0.25, 0.3) is 0 Å². The summed E-state index contributed by atoms with van der Waals surface area (Å²) in [5, 5.41) is 13.4. The Morgan fingerprint density at radius 3 is 2.97 bits per heavy atom. The van der Waals surface area contributed by atoms with Crippen molar-refractivity contribution < 1.29 is 18.7 Å². The standard InChI is InChI=1S/C17H18FN7O3S/c1-25(17(27)28-13-7-21-24-14(13)19)8-12-9-29-16(22-12)23-15(26)20-6-10-3-2-4-11(18)5-10/h2-5,7,9H,6,8H2,1H3,(H3,19,21,24)(H2,20,22,23,26). The van der Waals surface area contributed by atoms with Crippen LogP contribution in [0.15, 0.2) is 35.8 Å². The molecule has 0 fully saturated rings. The Hall–Kier alpha value is -3.67. The van der Waals surface area contributed by atoms with Crippen molar-refractivity contribution in [3.8, 4) is 5.75 Å². The number of H-pyrrole nitrogens is 1. The number of carbonyl (C=O) groups excluding carboxylic acids is 2. The quantitative estimate of drug-likeness (QED) is 0.484. The van der Waals surface area contributed by atoms with Crippen LogP contribution in [0.25, 0.3) is 0 Å². The van der Waals surface area contributed by atoms with Crippen molar-refractivity contribution in [2.24, 2.45) is 0 Å². The van der Waals surface area contributed by atoms with Crippen LogP contribution in [0.1, 0.15) is 11.3 Å². The number of urea groups is 1. The molecule has 0 saturated heterocycles. The van der Waals surface area contributed by atoms with Crippen molar-refractivity contribution in [1.29, 1.82) is 0 Å². The predicted molar refractivity (Wildman–Crippen MR) is 105 cm³/mol. The molecule has 10 nitrogen and oxygen atoms in total. The fraction of sp³-hybridized carbons (Fsp3) is 0.176. The molecule has 3 rings (SSSR count). The van der Waals surface area contributed by atoms with Gasteiger partial charge in [-0.25, -0.2) is 19.0 Å². The average Bonchev–Trinajstić information content (AvgIpc) is 3.29. The van der Waals surface area contributed by atoms with Crippen molar-refractivity contribution in [1.82, 2.24) is 25.4 Å². The Labute approximate surface area is 168 Å². The van der Waals surface area contributed by atoms with Crippen molar-refractivity contribution in [3.63, 3.8) is 0 Å². The van der Waals surface area contributed by atoms with E-state index in [-0.39, 0.29) is 30.5 Å². The Balaban J connectivity index is 1.47. The van der Waals surface area contributed by atoms with E-state index in [1.54, 1.807) is 17.5 Å². The van der Waals surface area contributed by atoms with Crippen LogP contribution >= 0.6 is 11.3 Å². The number of amides is 3.